The zero-order valence-electron chi connectivity index (χ0n) is 12.2. The van der Waals surface area contributed by atoms with Crippen LogP contribution in [0.3, 0.4) is 0 Å². The number of anilines is 1. The number of rotatable bonds is 7. The first-order valence-electron chi connectivity index (χ1n) is 6.71. The van der Waals surface area contributed by atoms with E-state index >= 15 is 0 Å². The maximum absolute atomic E-state index is 11.7. The molecule has 0 atom stereocenters. The Balaban J connectivity index is 2.40. The van der Waals surface area contributed by atoms with Crippen molar-refractivity contribution in [1.29, 1.82) is 0 Å². The summed E-state index contributed by atoms with van der Waals surface area (Å²) in [5, 5.41) is 6.01. The Kier molecular flexibility index (Phi) is 7.18. The third kappa shape index (κ3) is 5.27. The Morgan fingerprint density at radius 3 is 2.60 bits per heavy atom. The molecule has 5 nitrogen and oxygen atoms in total. The average Bonchev–Trinajstić information content (AvgIpc) is 2.44. The minimum atomic E-state index is -0.238. The van der Waals surface area contributed by atoms with Gasteiger partial charge in [0.1, 0.15) is 5.75 Å². The Morgan fingerprint density at radius 1 is 1.35 bits per heavy atom. The van der Waals surface area contributed by atoms with Gasteiger partial charge < -0.3 is 20.3 Å². The van der Waals surface area contributed by atoms with E-state index in [0.717, 1.165) is 19.6 Å². The molecule has 2 N–H and O–H groups in total. The first-order chi connectivity index (χ1) is 9.60. The van der Waals surface area contributed by atoms with E-state index in [4.69, 9.17) is 16.3 Å². The molecule has 6 heteroatoms. The molecule has 1 aromatic rings. The van der Waals surface area contributed by atoms with Gasteiger partial charge >= 0.3 is 6.03 Å². The van der Waals surface area contributed by atoms with Crippen molar-refractivity contribution in [1.82, 2.24) is 10.2 Å². The molecule has 20 heavy (non-hydrogen) atoms. The summed E-state index contributed by atoms with van der Waals surface area (Å²) < 4.78 is 5.06. The fraction of sp³-hybridized carbons (Fsp3) is 0.500. The highest BCUT2D eigenvalue weighted by Crippen LogP contribution is 2.26. The van der Waals surface area contributed by atoms with Gasteiger partial charge in [0.2, 0.25) is 0 Å². The SMILES string of the molecule is CCN(CC)CCNC(=O)Nc1ccc(OC)c(Cl)c1. The number of nitrogens with one attached hydrogen (secondary N) is 2. The van der Waals surface area contributed by atoms with E-state index in [1.165, 1.54) is 0 Å². The molecule has 0 heterocycles. The number of hydrogen-bond acceptors (Lipinski definition) is 3. The summed E-state index contributed by atoms with van der Waals surface area (Å²) >= 11 is 5.99. The van der Waals surface area contributed by atoms with Crippen molar-refractivity contribution >= 4 is 23.3 Å². The lowest BCUT2D eigenvalue weighted by molar-refractivity contribution is 0.248. The fourth-order valence-electron chi connectivity index (χ4n) is 1.79. The van der Waals surface area contributed by atoms with Crippen molar-refractivity contribution in [2.75, 3.05) is 38.6 Å². The van der Waals surface area contributed by atoms with Crippen LogP contribution < -0.4 is 15.4 Å². The van der Waals surface area contributed by atoms with Crippen LogP contribution in [-0.4, -0.2) is 44.2 Å². The average molecular weight is 300 g/mol. The smallest absolute Gasteiger partial charge is 0.319 e. The number of nitrogens with zero attached hydrogens (tertiary/aromatic N) is 1. The topological polar surface area (TPSA) is 53.6 Å². The summed E-state index contributed by atoms with van der Waals surface area (Å²) in [4.78, 5) is 14.0. The van der Waals surface area contributed by atoms with E-state index in [-0.39, 0.29) is 6.03 Å². The molecule has 0 aliphatic heterocycles. The maximum Gasteiger partial charge on any atom is 0.319 e. The number of halogens is 1. The summed E-state index contributed by atoms with van der Waals surface area (Å²) in [5.74, 6) is 0.583. The number of methoxy groups -OCH3 is 1. The molecule has 2 amide bonds. The van der Waals surface area contributed by atoms with Crippen LogP contribution in [0.1, 0.15) is 13.8 Å². The molecule has 0 aromatic heterocycles. The summed E-state index contributed by atoms with van der Waals surface area (Å²) in [6, 6.07) is 4.88. The van der Waals surface area contributed by atoms with Crippen molar-refractivity contribution < 1.29 is 9.53 Å². The molecule has 0 saturated heterocycles. The van der Waals surface area contributed by atoms with Gasteiger partial charge in [-0.15, -0.1) is 0 Å². The van der Waals surface area contributed by atoms with Gasteiger partial charge in [-0.3, -0.25) is 0 Å². The zero-order chi connectivity index (χ0) is 15.0. The van der Waals surface area contributed by atoms with Crippen molar-refractivity contribution in [3.8, 4) is 5.75 Å². The third-order valence-corrected chi connectivity index (χ3v) is 3.31. The minimum Gasteiger partial charge on any atom is -0.495 e. The number of benzene rings is 1. The molecule has 0 fully saturated rings. The highest BCUT2D eigenvalue weighted by molar-refractivity contribution is 6.32. The zero-order valence-corrected chi connectivity index (χ0v) is 13.0. The highest BCUT2D eigenvalue weighted by atomic mass is 35.5. The number of ether oxygens (including phenoxy) is 1. The summed E-state index contributed by atoms with van der Waals surface area (Å²) in [5.41, 5.74) is 0.635. The molecule has 0 saturated carbocycles. The molecule has 1 aromatic carbocycles. The Morgan fingerprint density at radius 2 is 2.05 bits per heavy atom. The Hall–Kier alpha value is -1.46. The second-order valence-corrected chi connectivity index (χ2v) is 4.66. The minimum absolute atomic E-state index is 0.238. The van der Waals surface area contributed by atoms with E-state index in [0.29, 0.717) is 23.0 Å². The van der Waals surface area contributed by atoms with E-state index in [1.807, 2.05) is 0 Å². The molecular formula is C14H22ClN3O2. The van der Waals surface area contributed by atoms with Crippen molar-refractivity contribution in [3.05, 3.63) is 23.2 Å². The number of hydrogen-bond donors (Lipinski definition) is 2. The fourth-order valence-corrected chi connectivity index (χ4v) is 2.04. The molecule has 1 rings (SSSR count). The van der Waals surface area contributed by atoms with Crippen LogP contribution in [0.4, 0.5) is 10.5 Å². The van der Waals surface area contributed by atoms with Gasteiger partial charge in [0.05, 0.1) is 12.1 Å². The van der Waals surface area contributed by atoms with Crippen LogP contribution in [0.15, 0.2) is 18.2 Å². The van der Waals surface area contributed by atoms with Gasteiger partial charge in [-0.1, -0.05) is 25.4 Å². The molecule has 112 valence electrons. The van der Waals surface area contributed by atoms with Gasteiger partial charge in [0.25, 0.3) is 0 Å². The van der Waals surface area contributed by atoms with Crippen LogP contribution in [0.25, 0.3) is 0 Å². The second-order valence-electron chi connectivity index (χ2n) is 4.26. The number of carbonyl (C=O) groups is 1. The van der Waals surface area contributed by atoms with Crippen molar-refractivity contribution in [3.63, 3.8) is 0 Å². The molecule has 0 unspecified atom stereocenters. The summed E-state index contributed by atoms with van der Waals surface area (Å²) in [6.07, 6.45) is 0. The first kappa shape index (κ1) is 16.6. The third-order valence-electron chi connectivity index (χ3n) is 3.02. The van der Waals surface area contributed by atoms with Gasteiger partial charge in [-0.25, -0.2) is 4.79 Å². The monoisotopic (exact) mass is 299 g/mol. The molecular weight excluding hydrogens is 278 g/mol. The van der Waals surface area contributed by atoms with E-state index in [1.54, 1.807) is 25.3 Å². The Labute approximate surface area is 125 Å². The van der Waals surface area contributed by atoms with Crippen LogP contribution in [0.2, 0.25) is 5.02 Å². The summed E-state index contributed by atoms with van der Waals surface area (Å²) in [7, 11) is 1.55. The molecule has 0 spiro atoms. The van der Waals surface area contributed by atoms with Gasteiger partial charge in [-0.05, 0) is 31.3 Å². The number of likely N-dealkylation sites (N-methyl/N-ethyl adjacent to an activating group) is 1. The molecule has 0 aliphatic rings. The van der Waals surface area contributed by atoms with Gasteiger partial charge in [0, 0.05) is 18.8 Å². The Bertz CT molecular complexity index is 436. The lowest BCUT2D eigenvalue weighted by Crippen LogP contribution is -2.36. The number of amides is 2. The quantitative estimate of drug-likeness (QED) is 0.814. The van der Waals surface area contributed by atoms with Crippen LogP contribution in [-0.2, 0) is 0 Å². The predicted molar refractivity (Wildman–Crippen MR) is 82.8 cm³/mol. The summed E-state index contributed by atoms with van der Waals surface area (Å²) in [6.45, 7) is 7.61. The van der Waals surface area contributed by atoms with Crippen LogP contribution in [0, 0.1) is 0 Å². The normalized spacial score (nSPS) is 10.4. The number of urea groups is 1. The lowest BCUT2D eigenvalue weighted by atomic mass is 10.3. The first-order valence-corrected chi connectivity index (χ1v) is 7.09. The van der Waals surface area contributed by atoms with Crippen LogP contribution >= 0.6 is 11.6 Å². The largest absolute Gasteiger partial charge is 0.495 e. The van der Waals surface area contributed by atoms with E-state index in [2.05, 4.69) is 29.4 Å². The second kappa shape index (κ2) is 8.66. The predicted octanol–water partition coefficient (Wildman–Crippen LogP) is 2.81. The number of carbonyl (C=O) groups excluding carboxylic acids is 1. The van der Waals surface area contributed by atoms with Crippen LogP contribution in [0.5, 0.6) is 5.75 Å². The van der Waals surface area contributed by atoms with Crippen molar-refractivity contribution in [2.24, 2.45) is 0 Å². The molecule has 0 bridgehead atoms. The van der Waals surface area contributed by atoms with Gasteiger partial charge in [-0.2, -0.15) is 0 Å². The van der Waals surface area contributed by atoms with Crippen molar-refractivity contribution in [2.45, 2.75) is 13.8 Å². The molecule has 0 aliphatic carbocycles. The maximum atomic E-state index is 11.7. The highest BCUT2D eigenvalue weighted by Gasteiger charge is 2.05. The van der Waals surface area contributed by atoms with Gasteiger partial charge in [0.15, 0.2) is 0 Å². The van der Waals surface area contributed by atoms with E-state index in [9.17, 15) is 4.79 Å². The van der Waals surface area contributed by atoms with E-state index < -0.39 is 0 Å². The standard InChI is InChI=1S/C14H22ClN3O2/c1-4-18(5-2)9-8-16-14(19)17-11-6-7-13(20-3)12(15)10-11/h6-7,10H,4-5,8-9H2,1-3H3,(H2,16,17,19). The lowest BCUT2D eigenvalue weighted by Gasteiger charge is -2.18. The molecule has 0 radical (unpaired) electrons.